The van der Waals surface area contributed by atoms with Crippen LogP contribution >= 0.6 is 0 Å². The maximum Gasteiger partial charge on any atom is 0.407 e. The molecule has 2 aliphatic rings. The summed E-state index contributed by atoms with van der Waals surface area (Å²) >= 11 is 0. The summed E-state index contributed by atoms with van der Waals surface area (Å²) in [6, 6.07) is 1.05. The quantitative estimate of drug-likeness (QED) is 0.488. The Bertz CT molecular complexity index is 1350. The highest BCUT2D eigenvalue weighted by molar-refractivity contribution is 6.10. The lowest BCUT2D eigenvalue weighted by atomic mass is 9.83. The van der Waals surface area contributed by atoms with E-state index in [1.807, 2.05) is 0 Å². The maximum atomic E-state index is 13.9. The number of nitrogens with one attached hydrogen (secondary N) is 2. The Hall–Kier alpha value is -4.03. The van der Waals surface area contributed by atoms with Gasteiger partial charge in [0.1, 0.15) is 11.7 Å². The number of ether oxygens (including phenoxy) is 1. The molecular weight excluding hydrogens is 540 g/mol. The summed E-state index contributed by atoms with van der Waals surface area (Å²) in [6.07, 6.45) is 3.08. The zero-order valence-corrected chi connectivity index (χ0v) is 23.4. The van der Waals surface area contributed by atoms with Gasteiger partial charge in [0.25, 0.3) is 11.8 Å². The number of benzene rings is 1. The molecule has 41 heavy (non-hydrogen) atoms. The highest BCUT2D eigenvalue weighted by atomic mass is 19.2. The molecule has 1 aliphatic carbocycles. The molecule has 0 spiro atoms. The van der Waals surface area contributed by atoms with Crippen molar-refractivity contribution >= 4 is 41.0 Å². The van der Waals surface area contributed by atoms with Crippen LogP contribution in [0.3, 0.4) is 0 Å². The fourth-order valence-electron chi connectivity index (χ4n) is 5.70. The van der Waals surface area contributed by atoms with Crippen molar-refractivity contribution < 1.29 is 37.5 Å². The second kappa shape index (κ2) is 12.6. The zero-order chi connectivity index (χ0) is 29.8. The Kier molecular flexibility index (Phi) is 9.24. The molecule has 4 amide bonds. The lowest BCUT2D eigenvalue weighted by Crippen LogP contribution is -2.59. The topological polar surface area (TPSA) is 130 Å². The summed E-state index contributed by atoms with van der Waals surface area (Å²) in [5.41, 5.74) is 0.194. The van der Waals surface area contributed by atoms with Crippen LogP contribution in [-0.4, -0.2) is 89.8 Å². The third-order valence-electron chi connectivity index (χ3n) is 8.02. The Morgan fingerprint density at radius 1 is 1.00 bits per heavy atom. The number of rotatable bonds is 7. The summed E-state index contributed by atoms with van der Waals surface area (Å²) in [7, 11) is 2.89. The Morgan fingerprint density at radius 2 is 1.61 bits per heavy atom. The average molecular weight is 576 g/mol. The van der Waals surface area contributed by atoms with Gasteiger partial charge in [0.05, 0.1) is 11.1 Å². The highest BCUT2D eigenvalue weighted by Crippen LogP contribution is 2.29. The van der Waals surface area contributed by atoms with Gasteiger partial charge in [-0.3, -0.25) is 19.2 Å². The largest absolute Gasteiger partial charge is 0.436 e. The third-order valence-corrected chi connectivity index (χ3v) is 8.02. The fraction of sp³-hybridized carbons (Fsp3) is 0.536. The number of amides is 4. The van der Waals surface area contributed by atoms with E-state index in [9.17, 15) is 32.8 Å². The van der Waals surface area contributed by atoms with Crippen molar-refractivity contribution in [3.05, 3.63) is 35.0 Å². The van der Waals surface area contributed by atoms with Crippen LogP contribution in [0.4, 0.5) is 13.6 Å². The number of carbonyl (C=O) groups excluding carboxylic acids is 5. The third kappa shape index (κ3) is 6.18. The van der Waals surface area contributed by atoms with Gasteiger partial charge in [-0.05, 0) is 31.7 Å². The van der Waals surface area contributed by atoms with Crippen LogP contribution in [-0.2, 0) is 21.4 Å². The number of alkyl carbamates (subject to hydrolysis) is 1. The van der Waals surface area contributed by atoms with E-state index in [1.165, 1.54) is 30.5 Å². The van der Waals surface area contributed by atoms with Gasteiger partial charge in [0.2, 0.25) is 5.91 Å². The molecule has 222 valence electrons. The zero-order valence-electron chi connectivity index (χ0n) is 23.4. The van der Waals surface area contributed by atoms with E-state index in [1.54, 1.807) is 4.90 Å². The standard InChI is InChI=1S/C28H35F2N5O6/c1-16(41-28(40)31-2)25(37)32-23(17-7-5-4-6-8-17)26(38)34-9-11-35(12-10-34)27(39)24-19(15-36)18-13-20(29)21(30)14-22(18)33(24)3/h13-17,23H,4-12H2,1-3H3,(H,31,40)(H,32,37)/t16-,23-/m0/s1. The average Bonchev–Trinajstić information content (AvgIpc) is 3.25. The molecule has 2 N–H and O–H groups in total. The molecule has 2 fully saturated rings. The molecule has 11 nitrogen and oxygen atoms in total. The van der Waals surface area contributed by atoms with Crippen molar-refractivity contribution in [2.24, 2.45) is 13.0 Å². The molecule has 1 aliphatic heterocycles. The Morgan fingerprint density at radius 3 is 2.22 bits per heavy atom. The smallest absolute Gasteiger partial charge is 0.407 e. The molecule has 0 bridgehead atoms. The van der Waals surface area contributed by atoms with E-state index >= 15 is 0 Å². The van der Waals surface area contributed by atoms with Crippen LogP contribution in [0.2, 0.25) is 0 Å². The normalized spacial score (nSPS) is 17.6. The maximum absolute atomic E-state index is 13.9. The molecule has 0 radical (unpaired) electrons. The summed E-state index contributed by atoms with van der Waals surface area (Å²) in [5, 5.41) is 5.23. The first kappa shape index (κ1) is 29.9. The second-order valence-corrected chi connectivity index (χ2v) is 10.5. The number of nitrogens with zero attached hydrogens (tertiary/aromatic N) is 3. The summed E-state index contributed by atoms with van der Waals surface area (Å²) in [6.45, 7) is 2.14. The van der Waals surface area contributed by atoms with Gasteiger partial charge in [-0.25, -0.2) is 13.6 Å². The fourth-order valence-corrected chi connectivity index (χ4v) is 5.70. The van der Waals surface area contributed by atoms with E-state index in [-0.39, 0.29) is 60.2 Å². The first-order valence-corrected chi connectivity index (χ1v) is 13.8. The number of carbonyl (C=O) groups is 5. The van der Waals surface area contributed by atoms with Crippen LogP contribution in [0.15, 0.2) is 12.1 Å². The van der Waals surface area contributed by atoms with Crippen molar-refractivity contribution in [2.75, 3.05) is 33.2 Å². The number of aldehydes is 1. The van der Waals surface area contributed by atoms with E-state index in [0.717, 1.165) is 44.2 Å². The molecule has 4 rings (SSSR count). The SMILES string of the molecule is CNC(=O)O[C@@H](C)C(=O)N[C@H](C(=O)N1CCN(C(=O)c2c(C=O)c3cc(F)c(F)cc3n2C)CC1)C1CCCCC1. The van der Waals surface area contributed by atoms with Gasteiger partial charge < -0.3 is 29.7 Å². The number of piperazine rings is 1. The minimum absolute atomic E-state index is 0.0113. The van der Waals surface area contributed by atoms with Gasteiger partial charge in [0.15, 0.2) is 24.0 Å². The number of hydrogen-bond acceptors (Lipinski definition) is 6. The van der Waals surface area contributed by atoms with Gasteiger partial charge in [0, 0.05) is 51.7 Å². The number of halogens is 2. The molecule has 1 saturated carbocycles. The van der Waals surface area contributed by atoms with Gasteiger partial charge in [-0.1, -0.05) is 19.3 Å². The molecule has 0 unspecified atom stereocenters. The van der Waals surface area contributed by atoms with Gasteiger partial charge >= 0.3 is 6.09 Å². The molecule has 13 heteroatoms. The summed E-state index contributed by atoms with van der Waals surface area (Å²) in [5.74, 6) is -3.61. The van der Waals surface area contributed by atoms with E-state index in [0.29, 0.717) is 6.29 Å². The molecule has 1 aromatic heterocycles. The van der Waals surface area contributed by atoms with Crippen LogP contribution in [0, 0.1) is 17.6 Å². The minimum atomic E-state index is -1.12. The van der Waals surface area contributed by atoms with Crippen molar-refractivity contribution in [1.29, 1.82) is 0 Å². The molecule has 2 aromatic rings. The predicted octanol–water partition coefficient (Wildman–Crippen LogP) is 2.36. The molecular formula is C28H35F2N5O6. The van der Waals surface area contributed by atoms with Crippen LogP contribution < -0.4 is 10.6 Å². The number of aryl methyl sites for hydroxylation is 1. The first-order chi connectivity index (χ1) is 19.6. The lowest BCUT2D eigenvalue weighted by Gasteiger charge is -2.39. The lowest BCUT2D eigenvalue weighted by molar-refractivity contribution is -0.141. The van der Waals surface area contributed by atoms with Crippen LogP contribution in [0.25, 0.3) is 10.9 Å². The summed E-state index contributed by atoms with van der Waals surface area (Å²) < 4.78 is 34.2. The van der Waals surface area contributed by atoms with Crippen molar-refractivity contribution in [2.45, 2.75) is 51.2 Å². The van der Waals surface area contributed by atoms with Crippen LogP contribution in [0.5, 0.6) is 0 Å². The Balaban J connectivity index is 1.48. The number of aromatic nitrogens is 1. The van der Waals surface area contributed by atoms with Crippen molar-refractivity contribution in [3.8, 4) is 0 Å². The van der Waals surface area contributed by atoms with Crippen molar-refractivity contribution in [1.82, 2.24) is 25.0 Å². The molecule has 2 atom stereocenters. The molecule has 2 heterocycles. The van der Waals surface area contributed by atoms with Crippen LogP contribution in [0.1, 0.15) is 59.9 Å². The molecule has 1 saturated heterocycles. The van der Waals surface area contributed by atoms with Gasteiger partial charge in [-0.2, -0.15) is 0 Å². The van der Waals surface area contributed by atoms with E-state index in [4.69, 9.17) is 4.74 Å². The Labute approximate surface area is 236 Å². The highest BCUT2D eigenvalue weighted by Gasteiger charge is 2.37. The number of fused-ring (bicyclic) bond motifs is 1. The van der Waals surface area contributed by atoms with Gasteiger partial charge in [-0.15, -0.1) is 0 Å². The monoisotopic (exact) mass is 575 g/mol. The number of hydrogen-bond donors (Lipinski definition) is 2. The minimum Gasteiger partial charge on any atom is -0.436 e. The molecule has 1 aromatic carbocycles. The summed E-state index contributed by atoms with van der Waals surface area (Å²) in [4.78, 5) is 66.5. The second-order valence-electron chi connectivity index (χ2n) is 10.5. The van der Waals surface area contributed by atoms with Crippen molar-refractivity contribution in [3.63, 3.8) is 0 Å². The van der Waals surface area contributed by atoms with E-state index < -0.39 is 41.7 Å². The first-order valence-electron chi connectivity index (χ1n) is 13.8. The van der Waals surface area contributed by atoms with E-state index in [2.05, 4.69) is 10.6 Å². The predicted molar refractivity (Wildman–Crippen MR) is 144 cm³/mol.